The minimum Gasteiger partial charge on any atom is -0.382 e. The van der Waals surface area contributed by atoms with E-state index < -0.39 is 35.1 Å². The average Bonchev–Trinajstić information content (AvgIpc) is 2.54. The zero-order chi connectivity index (χ0) is 17.7. The average molecular weight is 341 g/mol. The van der Waals surface area contributed by atoms with Crippen molar-refractivity contribution in [1.82, 2.24) is 5.32 Å². The molecule has 7 heteroatoms. The van der Waals surface area contributed by atoms with E-state index >= 15 is 0 Å². The van der Waals surface area contributed by atoms with E-state index in [2.05, 4.69) is 5.32 Å². The minimum absolute atomic E-state index is 0.0816. The van der Waals surface area contributed by atoms with Crippen molar-refractivity contribution in [3.05, 3.63) is 71.0 Å². The Labute approximate surface area is 136 Å². The van der Waals surface area contributed by atoms with Gasteiger partial charge in [0.1, 0.15) is 5.82 Å². The molecule has 0 radical (unpaired) electrons. The topological polar surface area (TPSA) is 38.3 Å². The number of ether oxygens (including phenoxy) is 1. The molecule has 0 bridgehead atoms. The largest absolute Gasteiger partial charge is 0.417 e. The Morgan fingerprint density at radius 1 is 1.17 bits per heavy atom. The number of benzene rings is 2. The lowest BCUT2D eigenvalue weighted by atomic mass is 10.0. The maximum absolute atomic E-state index is 13.1. The number of carbonyl (C=O) groups is 1. The van der Waals surface area contributed by atoms with Crippen molar-refractivity contribution in [2.75, 3.05) is 13.7 Å². The van der Waals surface area contributed by atoms with Crippen LogP contribution in [-0.2, 0) is 10.9 Å². The highest BCUT2D eigenvalue weighted by Crippen LogP contribution is 2.32. The zero-order valence-electron chi connectivity index (χ0n) is 12.7. The van der Waals surface area contributed by atoms with Crippen LogP contribution in [0.1, 0.15) is 27.5 Å². The molecule has 24 heavy (non-hydrogen) atoms. The first-order valence-electron chi connectivity index (χ1n) is 7.04. The number of hydrogen-bond donors (Lipinski definition) is 1. The molecule has 1 N–H and O–H groups in total. The zero-order valence-corrected chi connectivity index (χ0v) is 12.7. The van der Waals surface area contributed by atoms with Crippen molar-refractivity contribution in [2.24, 2.45) is 0 Å². The van der Waals surface area contributed by atoms with E-state index in [1.54, 1.807) is 30.3 Å². The Hall–Kier alpha value is -2.41. The molecule has 0 aliphatic carbocycles. The fraction of sp³-hybridized carbons (Fsp3) is 0.235. The van der Waals surface area contributed by atoms with Crippen molar-refractivity contribution in [3.63, 3.8) is 0 Å². The fourth-order valence-corrected chi connectivity index (χ4v) is 2.26. The van der Waals surface area contributed by atoms with Gasteiger partial charge >= 0.3 is 6.18 Å². The van der Waals surface area contributed by atoms with Crippen molar-refractivity contribution >= 4 is 5.91 Å². The monoisotopic (exact) mass is 341 g/mol. The van der Waals surface area contributed by atoms with Gasteiger partial charge in [0.15, 0.2) is 0 Å². The maximum atomic E-state index is 13.1. The van der Waals surface area contributed by atoms with Gasteiger partial charge < -0.3 is 10.1 Å². The quantitative estimate of drug-likeness (QED) is 0.836. The van der Waals surface area contributed by atoms with E-state index in [1.165, 1.54) is 7.11 Å². The van der Waals surface area contributed by atoms with Gasteiger partial charge in [-0.25, -0.2) is 4.39 Å². The van der Waals surface area contributed by atoms with Gasteiger partial charge in [0.25, 0.3) is 5.91 Å². The molecule has 1 atom stereocenters. The van der Waals surface area contributed by atoms with E-state index in [-0.39, 0.29) is 6.61 Å². The normalized spacial score (nSPS) is 12.7. The van der Waals surface area contributed by atoms with Gasteiger partial charge in [-0.3, -0.25) is 4.79 Å². The Kier molecular flexibility index (Phi) is 5.56. The van der Waals surface area contributed by atoms with E-state index in [1.807, 2.05) is 0 Å². The summed E-state index contributed by atoms with van der Waals surface area (Å²) in [5.74, 6) is -2.01. The van der Waals surface area contributed by atoms with Crippen LogP contribution < -0.4 is 5.32 Å². The lowest BCUT2D eigenvalue weighted by Crippen LogP contribution is -2.32. The van der Waals surface area contributed by atoms with Crippen LogP contribution in [0.5, 0.6) is 0 Å². The molecule has 0 saturated heterocycles. The molecule has 0 aromatic heterocycles. The molecule has 128 valence electrons. The molecule has 0 fully saturated rings. The first-order valence-corrected chi connectivity index (χ1v) is 7.04. The van der Waals surface area contributed by atoms with Crippen LogP contribution in [0, 0.1) is 5.82 Å². The SMILES string of the molecule is COCC(NC(=O)c1ccc(F)cc1C(F)(F)F)c1ccccc1. The molecule has 1 unspecified atom stereocenters. The Morgan fingerprint density at radius 2 is 1.83 bits per heavy atom. The summed E-state index contributed by atoms with van der Waals surface area (Å²) < 4.78 is 57.2. The van der Waals surface area contributed by atoms with Crippen LogP contribution in [0.3, 0.4) is 0 Å². The van der Waals surface area contributed by atoms with Gasteiger partial charge in [-0.15, -0.1) is 0 Å². The first-order chi connectivity index (χ1) is 11.3. The molecule has 0 aliphatic rings. The smallest absolute Gasteiger partial charge is 0.382 e. The van der Waals surface area contributed by atoms with Crippen LogP contribution in [0.2, 0.25) is 0 Å². The van der Waals surface area contributed by atoms with Crippen LogP contribution in [0.25, 0.3) is 0 Å². The molecule has 0 spiro atoms. The summed E-state index contributed by atoms with van der Waals surface area (Å²) in [6.45, 7) is 0.0816. The summed E-state index contributed by atoms with van der Waals surface area (Å²) in [6, 6.07) is 10.0. The van der Waals surface area contributed by atoms with Crippen LogP contribution in [0.15, 0.2) is 48.5 Å². The molecular weight excluding hydrogens is 326 g/mol. The second kappa shape index (κ2) is 7.44. The summed E-state index contributed by atoms with van der Waals surface area (Å²) in [6.07, 6.45) is -4.84. The van der Waals surface area contributed by atoms with E-state index in [0.717, 1.165) is 12.1 Å². The number of carbonyl (C=O) groups excluding carboxylic acids is 1. The second-order valence-electron chi connectivity index (χ2n) is 5.08. The summed E-state index contributed by atoms with van der Waals surface area (Å²) in [5.41, 5.74) is -1.27. The highest BCUT2D eigenvalue weighted by atomic mass is 19.4. The van der Waals surface area contributed by atoms with Crippen molar-refractivity contribution < 1.29 is 27.1 Å². The molecule has 0 aliphatic heterocycles. The Balaban J connectivity index is 2.31. The van der Waals surface area contributed by atoms with Crippen molar-refractivity contribution in [1.29, 1.82) is 0 Å². The third-order valence-electron chi connectivity index (χ3n) is 3.37. The van der Waals surface area contributed by atoms with Gasteiger partial charge in [-0.05, 0) is 23.8 Å². The molecule has 2 aromatic rings. The van der Waals surface area contributed by atoms with Crippen molar-refractivity contribution in [3.8, 4) is 0 Å². The highest BCUT2D eigenvalue weighted by molar-refractivity contribution is 5.96. The predicted molar refractivity (Wildman–Crippen MR) is 79.9 cm³/mol. The van der Waals surface area contributed by atoms with E-state index in [9.17, 15) is 22.4 Å². The van der Waals surface area contributed by atoms with Crippen molar-refractivity contribution in [2.45, 2.75) is 12.2 Å². The van der Waals surface area contributed by atoms with Crippen LogP contribution in [0.4, 0.5) is 17.6 Å². The molecule has 2 rings (SSSR count). The maximum Gasteiger partial charge on any atom is 0.417 e. The summed E-state index contributed by atoms with van der Waals surface area (Å²) >= 11 is 0. The van der Waals surface area contributed by atoms with Crippen LogP contribution in [-0.4, -0.2) is 19.6 Å². The van der Waals surface area contributed by atoms with Gasteiger partial charge in [0.05, 0.1) is 23.8 Å². The van der Waals surface area contributed by atoms with Crippen LogP contribution >= 0.6 is 0 Å². The highest BCUT2D eigenvalue weighted by Gasteiger charge is 2.36. The van der Waals surface area contributed by atoms with Gasteiger partial charge in [0, 0.05) is 7.11 Å². The first kappa shape index (κ1) is 17.9. The number of hydrogen-bond acceptors (Lipinski definition) is 2. The number of halogens is 4. The molecule has 0 heterocycles. The predicted octanol–water partition coefficient (Wildman–Crippen LogP) is 3.96. The van der Waals surface area contributed by atoms with Gasteiger partial charge in [-0.1, -0.05) is 30.3 Å². The number of nitrogens with one attached hydrogen (secondary N) is 1. The summed E-state index contributed by atoms with van der Waals surface area (Å²) in [4.78, 5) is 12.3. The number of rotatable bonds is 5. The van der Waals surface area contributed by atoms with E-state index in [0.29, 0.717) is 11.6 Å². The third-order valence-corrected chi connectivity index (χ3v) is 3.37. The Morgan fingerprint density at radius 3 is 2.42 bits per heavy atom. The van der Waals surface area contributed by atoms with E-state index in [4.69, 9.17) is 4.74 Å². The van der Waals surface area contributed by atoms with Gasteiger partial charge in [-0.2, -0.15) is 13.2 Å². The molecule has 0 saturated carbocycles. The lowest BCUT2D eigenvalue weighted by Gasteiger charge is -2.20. The molecule has 1 amide bonds. The molecule has 3 nitrogen and oxygen atoms in total. The number of alkyl halides is 3. The minimum atomic E-state index is -4.84. The third kappa shape index (κ3) is 4.32. The molecule has 2 aromatic carbocycles. The lowest BCUT2D eigenvalue weighted by molar-refractivity contribution is -0.138. The number of methoxy groups -OCH3 is 1. The summed E-state index contributed by atoms with van der Waals surface area (Å²) in [7, 11) is 1.42. The number of amides is 1. The molecular formula is C17H15F4NO2. The Bertz CT molecular complexity index is 701. The summed E-state index contributed by atoms with van der Waals surface area (Å²) in [5, 5.41) is 2.50. The van der Waals surface area contributed by atoms with Gasteiger partial charge in [0.2, 0.25) is 0 Å². The standard InChI is InChI=1S/C17H15F4NO2/c1-24-10-15(11-5-3-2-4-6-11)22-16(23)13-8-7-12(18)9-14(13)17(19,20)21/h2-9,15H,10H2,1H3,(H,22,23). The fourth-order valence-electron chi connectivity index (χ4n) is 2.26. The second-order valence-corrected chi connectivity index (χ2v) is 5.08.